The third-order valence-corrected chi connectivity index (χ3v) is 6.08. The van der Waals surface area contributed by atoms with Crippen molar-refractivity contribution < 1.29 is 13.5 Å². The predicted molar refractivity (Wildman–Crippen MR) is 123 cm³/mol. The van der Waals surface area contributed by atoms with E-state index in [1.165, 1.54) is 12.1 Å². The minimum atomic E-state index is -2.92. The highest BCUT2D eigenvalue weighted by Gasteiger charge is 2.26. The van der Waals surface area contributed by atoms with Crippen molar-refractivity contribution in [3.8, 4) is 22.7 Å². The van der Waals surface area contributed by atoms with Gasteiger partial charge in [-0.25, -0.2) is 9.97 Å². The van der Waals surface area contributed by atoms with Gasteiger partial charge in [-0.05, 0) is 55.3 Å². The number of pyridine rings is 1. The molecule has 1 saturated carbocycles. The molecule has 0 atom stereocenters. The first-order chi connectivity index (χ1) is 16.5. The zero-order valence-corrected chi connectivity index (χ0v) is 18.2. The van der Waals surface area contributed by atoms with Crippen molar-refractivity contribution in [1.82, 2.24) is 24.1 Å². The van der Waals surface area contributed by atoms with Crippen LogP contribution in [0.1, 0.15) is 24.5 Å². The van der Waals surface area contributed by atoms with Crippen LogP contribution in [0.3, 0.4) is 0 Å². The minimum Gasteiger partial charge on any atom is -0.435 e. The van der Waals surface area contributed by atoms with Gasteiger partial charge in [0.1, 0.15) is 17.0 Å². The molecule has 3 aromatic heterocycles. The summed E-state index contributed by atoms with van der Waals surface area (Å²) in [5.41, 5.74) is 4.93. The number of hydrogen-bond donors (Lipinski definition) is 0. The highest BCUT2D eigenvalue weighted by Crippen LogP contribution is 2.39. The van der Waals surface area contributed by atoms with Crippen molar-refractivity contribution >= 4 is 22.1 Å². The first-order valence-corrected chi connectivity index (χ1v) is 10.9. The van der Waals surface area contributed by atoms with E-state index < -0.39 is 6.61 Å². The Morgan fingerprint density at radius 1 is 1.00 bits per heavy atom. The number of benzene rings is 2. The number of rotatable bonds is 5. The summed E-state index contributed by atoms with van der Waals surface area (Å²) in [6.07, 6.45) is 5.55. The van der Waals surface area contributed by atoms with E-state index in [1.807, 2.05) is 35.9 Å². The summed E-state index contributed by atoms with van der Waals surface area (Å²) in [6, 6.07) is 13.5. The Morgan fingerprint density at radius 2 is 1.79 bits per heavy atom. The van der Waals surface area contributed by atoms with Crippen molar-refractivity contribution in [3.05, 3.63) is 77.1 Å². The van der Waals surface area contributed by atoms with Crippen molar-refractivity contribution in [3.63, 3.8) is 0 Å². The third kappa shape index (κ3) is 3.49. The average Bonchev–Trinajstić information content (AvgIpc) is 3.62. The van der Waals surface area contributed by atoms with Crippen LogP contribution >= 0.6 is 0 Å². The summed E-state index contributed by atoms with van der Waals surface area (Å²) in [7, 11) is 1.89. The second-order valence-corrected chi connectivity index (χ2v) is 8.40. The molecular formula is C25H19F2N5O2. The van der Waals surface area contributed by atoms with Gasteiger partial charge >= 0.3 is 6.61 Å². The number of aromatic nitrogens is 5. The van der Waals surface area contributed by atoms with Crippen molar-refractivity contribution in [1.29, 1.82) is 0 Å². The fourth-order valence-corrected chi connectivity index (χ4v) is 4.20. The quantitative estimate of drug-likeness (QED) is 0.377. The van der Waals surface area contributed by atoms with Gasteiger partial charge in [0, 0.05) is 29.9 Å². The van der Waals surface area contributed by atoms with Crippen LogP contribution in [0.2, 0.25) is 0 Å². The second kappa shape index (κ2) is 7.72. The van der Waals surface area contributed by atoms with Crippen molar-refractivity contribution in [2.45, 2.75) is 25.4 Å². The molecule has 0 saturated heterocycles. The van der Waals surface area contributed by atoms with Gasteiger partial charge in [-0.15, -0.1) is 0 Å². The molecule has 0 unspecified atom stereocenters. The minimum absolute atomic E-state index is 0.0207. The highest BCUT2D eigenvalue weighted by atomic mass is 19.3. The zero-order valence-electron chi connectivity index (χ0n) is 18.2. The molecular weight excluding hydrogens is 440 g/mol. The molecule has 6 rings (SSSR count). The lowest BCUT2D eigenvalue weighted by atomic mass is 10.1. The largest absolute Gasteiger partial charge is 0.435 e. The van der Waals surface area contributed by atoms with Crippen LogP contribution in [0.15, 0.2) is 65.8 Å². The van der Waals surface area contributed by atoms with Crippen LogP contribution in [0.5, 0.6) is 5.75 Å². The van der Waals surface area contributed by atoms with Crippen molar-refractivity contribution in [2.75, 3.05) is 0 Å². The Labute approximate surface area is 192 Å². The average molecular weight is 459 g/mol. The third-order valence-electron chi connectivity index (χ3n) is 6.08. The molecule has 5 aromatic rings. The molecule has 0 radical (unpaired) electrons. The zero-order chi connectivity index (χ0) is 23.4. The molecule has 1 fully saturated rings. The predicted octanol–water partition coefficient (Wildman–Crippen LogP) is 4.81. The summed E-state index contributed by atoms with van der Waals surface area (Å²) in [6.45, 7) is -2.92. The summed E-state index contributed by atoms with van der Waals surface area (Å²) < 4.78 is 33.1. The number of fused-ring (bicyclic) bond motifs is 2. The number of alkyl halides is 2. The molecule has 9 heteroatoms. The Kier molecular flexibility index (Phi) is 4.65. The van der Waals surface area contributed by atoms with Gasteiger partial charge in [-0.1, -0.05) is 6.07 Å². The highest BCUT2D eigenvalue weighted by molar-refractivity contribution is 5.84. The van der Waals surface area contributed by atoms with E-state index >= 15 is 0 Å². The summed E-state index contributed by atoms with van der Waals surface area (Å²) in [4.78, 5) is 27.4. The van der Waals surface area contributed by atoms with Crippen LogP contribution in [0.25, 0.3) is 39.0 Å². The molecule has 2 aromatic carbocycles. The van der Waals surface area contributed by atoms with E-state index in [1.54, 1.807) is 29.2 Å². The van der Waals surface area contributed by atoms with Gasteiger partial charge in [-0.3, -0.25) is 14.3 Å². The lowest BCUT2D eigenvalue weighted by Gasteiger charge is -2.14. The van der Waals surface area contributed by atoms with E-state index in [-0.39, 0.29) is 17.0 Å². The van der Waals surface area contributed by atoms with Crippen LogP contribution in [0.4, 0.5) is 8.78 Å². The molecule has 0 amide bonds. The van der Waals surface area contributed by atoms with E-state index in [9.17, 15) is 13.6 Å². The van der Waals surface area contributed by atoms with E-state index in [4.69, 9.17) is 0 Å². The topological polar surface area (TPSA) is 74.8 Å². The molecule has 1 aliphatic rings. The monoisotopic (exact) mass is 459 g/mol. The maximum atomic E-state index is 13.8. The van der Waals surface area contributed by atoms with E-state index in [2.05, 4.69) is 19.7 Å². The van der Waals surface area contributed by atoms with Gasteiger partial charge in [-0.2, -0.15) is 8.78 Å². The fraction of sp³-hybridized carbons (Fsp3) is 0.200. The maximum Gasteiger partial charge on any atom is 0.387 e. The molecule has 0 N–H and O–H groups in total. The van der Waals surface area contributed by atoms with Crippen LogP contribution in [-0.2, 0) is 7.05 Å². The van der Waals surface area contributed by atoms with Gasteiger partial charge in [0.15, 0.2) is 0 Å². The molecule has 170 valence electrons. The Balaban J connectivity index is 1.58. The molecule has 7 nitrogen and oxygen atoms in total. The number of imidazole rings is 1. The van der Waals surface area contributed by atoms with Crippen LogP contribution in [0, 0.1) is 0 Å². The van der Waals surface area contributed by atoms with Gasteiger partial charge in [0.05, 0.1) is 29.1 Å². The number of halogens is 2. The summed E-state index contributed by atoms with van der Waals surface area (Å²) >= 11 is 0. The van der Waals surface area contributed by atoms with Crippen molar-refractivity contribution in [2.24, 2.45) is 7.05 Å². The summed E-state index contributed by atoms with van der Waals surface area (Å²) in [5.74, 6) is 0.411. The Bertz CT molecular complexity index is 1600. The molecule has 0 spiro atoms. The molecule has 34 heavy (non-hydrogen) atoms. The Hall–Kier alpha value is -4.14. The number of aryl methyl sites for hydroxylation is 1. The Morgan fingerprint density at radius 3 is 2.53 bits per heavy atom. The van der Waals surface area contributed by atoms with Crippen LogP contribution < -0.4 is 10.3 Å². The van der Waals surface area contributed by atoms with Crippen LogP contribution in [-0.4, -0.2) is 30.7 Å². The lowest BCUT2D eigenvalue weighted by molar-refractivity contribution is -0.0498. The second-order valence-electron chi connectivity index (χ2n) is 8.40. The number of nitrogens with zero attached hydrogens (tertiary/aromatic N) is 5. The number of hydrogen-bond acceptors (Lipinski definition) is 5. The first-order valence-electron chi connectivity index (χ1n) is 10.9. The maximum absolute atomic E-state index is 13.8. The normalized spacial score (nSPS) is 13.8. The first kappa shape index (κ1) is 20.5. The molecule has 0 bridgehead atoms. The van der Waals surface area contributed by atoms with E-state index in [0.717, 1.165) is 29.6 Å². The fourth-order valence-electron chi connectivity index (χ4n) is 4.20. The lowest BCUT2D eigenvalue weighted by Crippen LogP contribution is -2.22. The molecule has 3 heterocycles. The molecule has 0 aliphatic heterocycles. The SMILES string of the molecule is Cn1cnc2ccc(-c3nc4cnc(C5CC5)cc4n(-c4ccc(OC(F)F)cc4)c3=O)cc21. The van der Waals surface area contributed by atoms with Gasteiger partial charge in [0.25, 0.3) is 5.56 Å². The standard InChI is InChI=1S/C25H19F2N5O2/c1-31-13-29-18-9-4-15(10-21(18)31)23-24(33)32(16-5-7-17(8-6-16)34-25(26)27)22-11-19(14-2-3-14)28-12-20(22)30-23/h4-14,25H,2-3H2,1H3. The smallest absolute Gasteiger partial charge is 0.387 e. The van der Waals surface area contributed by atoms with Gasteiger partial charge in [0.2, 0.25) is 0 Å². The molecule has 1 aliphatic carbocycles. The summed E-state index contributed by atoms with van der Waals surface area (Å²) in [5, 5.41) is 0. The van der Waals surface area contributed by atoms with Gasteiger partial charge < -0.3 is 9.30 Å². The number of ether oxygens (including phenoxy) is 1. The van der Waals surface area contributed by atoms with E-state index in [0.29, 0.717) is 28.2 Å².